The molecule has 0 spiro atoms. The highest BCUT2D eigenvalue weighted by Crippen LogP contribution is 2.49. The van der Waals surface area contributed by atoms with E-state index in [1.807, 2.05) is 18.2 Å². The molecule has 0 amide bonds. The Kier molecular flexibility index (Phi) is 4.63. The molecule has 0 N–H and O–H groups in total. The topological polar surface area (TPSA) is 43.4 Å². The molecule has 0 bridgehead atoms. The zero-order chi connectivity index (χ0) is 13.9. The van der Waals surface area contributed by atoms with Gasteiger partial charge in [-0.3, -0.25) is 9.00 Å². The molecular formula is C14H17ClO3S. The van der Waals surface area contributed by atoms with Gasteiger partial charge in [0, 0.05) is 21.6 Å². The summed E-state index contributed by atoms with van der Waals surface area (Å²) < 4.78 is 16.9. The molecule has 1 aromatic carbocycles. The van der Waals surface area contributed by atoms with Crippen LogP contribution >= 0.6 is 11.6 Å². The SMILES string of the molecule is COC(=O)CC1(CS(=O)Cc2ccccc2Cl)CC1. The van der Waals surface area contributed by atoms with Crippen LogP contribution in [0.25, 0.3) is 0 Å². The number of ether oxygens (including phenoxy) is 1. The second kappa shape index (κ2) is 6.06. The van der Waals surface area contributed by atoms with Crippen molar-refractivity contribution in [1.82, 2.24) is 0 Å². The number of esters is 1. The van der Waals surface area contributed by atoms with E-state index >= 15 is 0 Å². The van der Waals surface area contributed by atoms with Crippen LogP contribution in [0.2, 0.25) is 5.02 Å². The quantitative estimate of drug-likeness (QED) is 0.759. The monoisotopic (exact) mass is 300 g/mol. The first-order valence-electron chi connectivity index (χ1n) is 6.20. The summed E-state index contributed by atoms with van der Waals surface area (Å²) in [6.45, 7) is 0. The fourth-order valence-electron chi connectivity index (χ4n) is 2.11. The Morgan fingerprint density at radius 1 is 1.42 bits per heavy atom. The maximum absolute atomic E-state index is 12.2. The van der Waals surface area contributed by atoms with Crippen molar-refractivity contribution in [3.8, 4) is 0 Å². The van der Waals surface area contributed by atoms with E-state index in [2.05, 4.69) is 4.74 Å². The van der Waals surface area contributed by atoms with E-state index in [-0.39, 0.29) is 11.4 Å². The number of methoxy groups -OCH3 is 1. The molecule has 0 aliphatic heterocycles. The predicted molar refractivity (Wildman–Crippen MR) is 76.5 cm³/mol. The zero-order valence-electron chi connectivity index (χ0n) is 10.9. The van der Waals surface area contributed by atoms with Gasteiger partial charge in [-0.2, -0.15) is 0 Å². The molecule has 2 rings (SSSR count). The molecule has 1 unspecified atom stereocenters. The van der Waals surface area contributed by atoms with Crippen LogP contribution in [0.15, 0.2) is 24.3 Å². The van der Waals surface area contributed by atoms with E-state index in [1.54, 1.807) is 6.07 Å². The lowest BCUT2D eigenvalue weighted by Crippen LogP contribution is -2.18. The number of hydrogen-bond acceptors (Lipinski definition) is 3. The lowest BCUT2D eigenvalue weighted by molar-refractivity contribution is -0.141. The van der Waals surface area contributed by atoms with Crippen LogP contribution in [-0.4, -0.2) is 23.0 Å². The van der Waals surface area contributed by atoms with Crippen molar-refractivity contribution in [2.45, 2.75) is 25.0 Å². The third-order valence-corrected chi connectivity index (χ3v) is 5.38. The molecule has 19 heavy (non-hydrogen) atoms. The van der Waals surface area contributed by atoms with Crippen LogP contribution < -0.4 is 0 Å². The van der Waals surface area contributed by atoms with Crippen molar-refractivity contribution < 1.29 is 13.7 Å². The number of halogens is 1. The molecule has 0 saturated heterocycles. The first kappa shape index (κ1) is 14.5. The van der Waals surface area contributed by atoms with Gasteiger partial charge < -0.3 is 4.74 Å². The first-order valence-corrected chi connectivity index (χ1v) is 8.06. The van der Waals surface area contributed by atoms with E-state index < -0.39 is 10.8 Å². The standard InChI is InChI=1S/C14H17ClO3S/c1-18-13(16)8-14(6-7-14)10-19(17)9-11-4-2-3-5-12(11)15/h2-5H,6-10H2,1H3. The second-order valence-corrected chi connectivity index (χ2v) is 6.94. The molecular weight excluding hydrogens is 284 g/mol. The van der Waals surface area contributed by atoms with Crippen molar-refractivity contribution in [3.05, 3.63) is 34.9 Å². The second-order valence-electron chi connectivity index (χ2n) is 5.07. The van der Waals surface area contributed by atoms with E-state index in [1.165, 1.54) is 7.11 Å². The summed E-state index contributed by atoms with van der Waals surface area (Å²) in [5.74, 6) is 0.780. The van der Waals surface area contributed by atoms with Gasteiger partial charge in [0.2, 0.25) is 0 Å². The van der Waals surface area contributed by atoms with Crippen molar-refractivity contribution in [3.63, 3.8) is 0 Å². The molecule has 5 heteroatoms. The summed E-state index contributed by atoms with van der Waals surface area (Å²) in [6.07, 6.45) is 2.28. The molecule has 1 aliphatic rings. The van der Waals surface area contributed by atoms with Crippen LogP contribution in [0.3, 0.4) is 0 Å². The number of hydrogen-bond donors (Lipinski definition) is 0. The molecule has 1 aliphatic carbocycles. The Labute approximate surface area is 120 Å². The number of rotatable bonds is 6. The van der Waals surface area contributed by atoms with Gasteiger partial charge in [0.05, 0.1) is 19.3 Å². The molecule has 104 valence electrons. The van der Waals surface area contributed by atoms with Gasteiger partial charge in [-0.15, -0.1) is 0 Å². The molecule has 1 aromatic rings. The Morgan fingerprint density at radius 2 is 2.11 bits per heavy atom. The molecule has 1 fully saturated rings. The summed E-state index contributed by atoms with van der Waals surface area (Å²) in [5, 5.41) is 0.647. The maximum atomic E-state index is 12.2. The van der Waals surface area contributed by atoms with Gasteiger partial charge in [0.1, 0.15) is 0 Å². The zero-order valence-corrected chi connectivity index (χ0v) is 12.4. The lowest BCUT2D eigenvalue weighted by atomic mass is 10.1. The van der Waals surface area contributed by atoms with E-state index in [0.717, 1.165) is 18.4 Å². The Morgan fingerprint density at radius 3 is 2.68 bits per heavy atom. The number of benzene rings is 1. The minimum Gasteiger partial charge on any atom is -0.469 e. The summed E-state index contributed by atoms with van der Waals surface area (Å²) in [5.41, 5.74) is 0.801. The van der Waals surface area contributed by atoms with Crippen molar-refractivity contribution in [1.29, 1.82) is 0 Å². The lowest BCUT2D eigenvalue weighted by Gasteiger charge is -2.13. The van der Waals surface area contributed by atoms with Crippen molar-refractivity contribution in [2.75, 3.05) is 12.9 Å². The number of carbonyl (C=O) groups is 1. The largest absolute Gasteiger partial charge is 0.469 e. The van der Waals surface area contributed by atoms with E-state index in [4.69, 9.17) is 11.6 Å². The molecule has 3 nitrogen and oxygen atoms in total. The van der Waals surface area contributed by atoms with Gasteiger partial charge in [0.25, 0.3) is 0 Å². The van der Waals surface area contributed by atoms with Gasteiger partial charge in [0.15, 0.2) is 0 Å². The fraction of sp³-hybridized carbons (Fsp3) is 0.500. The van der Waals surface area contributed by atoms with Gasteiger partial charge >= 0.3 is 5.97 Å². The third kappa shape index (κ3) is 4.05. The normalized spacial score (nSPS) is 17.8. The summed E-state index contributed by atoms with van der Waals surface area (Å²) in [4.78, 5) is 11.3. The van der Waals surface area contributed by atoms with Crippen LogP contribution in [0, 0.1) is 5.41 Å². The van der Waals surface area contributed by atoms with Gasteiger partial charge in [-0.25, -0.2) is 0 Å². The smallest absolute Gasteiger partial charge is 0.306 e. The van der Waals surface area contributed by atoms with Crippen LogP contribution in [0.5, 0.6) is 0 Å². The molecule has 1 saturated carbocycles. The predicted octanol–water partition coefficient (Wildman–Crippen LogP) is 2.93. The maximum Gasteiger partial charge on any atom is 0.306 e. The van der Waals surface area contributed by atoms with Gasteiger partial charge in [-0.05, 0) is 29.9 Å². The molecule has 0 heterocycles. The highest BCUT2D eigenvalue weighted by molar-refractivity contribution is 7.84. The van der Waals surface area contributed by atoms with Crippen LogP contribution in [0.1, 0.15) is 24.8 Å². The average Bonchev–Trinajstić information content (AvgIpc) is 3.11. The highest BCUT2D eigenvalue weighted by atomic mass is 35.5. The Hall–Kier alpha value is -0.870. The molecule has 0 aromatic heterocycles. The van der Waals surface area contributed by atoms with Crippen LogP contribution in [0.4, 0.5) is 0 Å². The Bertz CT molecular complexity index is 497. The van der Waals surface area contributed by atoms with E-state index in [9.17, 15) is 9.00 Å². The third-order valence-electron chi connectivity index (χ3n) is 3.45. The fourth-order valence-corrected chi connectivity index (χ4v) is 4.16. The highest BCUT2D eigenvalue weighted by Gasteiger charge is 2.45. The minimum absolute atomic E-state index is 0.0980. The van der Waals surface area contributed by atoms with Crippen LogP contribution in [-0.2, 0) is 26.1 Å². The summed E-state index contributed by atoms with van der Waals surface area (Å²) in [7, 11) is 0.389. The summed E-state index contributed by atoms with van der Waals surface area (Å²) in [6, 6.07) is 7.43. The van der Waals surface area contributed by atoms with Gasteiger partial charge in [-0.1, -0.05) is 29.8 Å². The summed E-state index contributed by atoms with van der Waals surface area (Å²) >= 11 is 6.05. The molecule has 0 radical (unpaired) electrons. The van der Waals surface area contributed by atoms with Crippen molar-refractivity contribution >= 4 is 28.4 Å². The van der Waals surface area contributed by atoms with E-state index in [0.29, 0.717) is 22.9 Å². The molecule has 1 atom stereocenters. The average molecular weight is 301 g/mol. The van der Waals surface area contributed by atoms with Crippen molar-refractivity contribution in [2.24, 2.45) is 5.41 Å². The minimum atomic E-state index is -0.999. The Balaban J connectivity index is 1.92. The first-order chi connectivity index (χ1) is 9.04. The number of carbonyl (C=O) groups excluding carboxylic acids is 1.